The molecule has 0 aromatic heterocycles. The van der Waals surface area contributed by atoms with Crippen molar-refractivity contribution in [1.82, 2.24) is 4.90 Å². The van der Waals surface area contributed by atoms with Gasteiger partial charge in [0.2, 0.25) is 0 Å². The van der Waals surface area contributed by atoms with Gasteiger partial charge in [0.1, 0.15) is 6.10 Å². The van der Waals surface area contributed by atoms with Gasteiger partial charge in [0, 0.05) is 11.6 Å². The molecule has 2 aliphatic carbocycles. The van der Waals surface area contributed by atoms with Gasteiger partial charge in [-0.3, -0.25) is 0 Å². The van der Waals surface area contributed by atoms with Crippen LogP contribution >= 0.6 is 0 Å². The maximum absolute atomic E-state index is 11.7. The van der Waals surface area contributed by atoms with E-state index in [2.05, 4.69) is 11.9 Å². The maximum atomic E-state index is 11.7. The summed E-state index contributed by atoms with van der Waals surface area (Å²) in [5, 5.41) is 32.4. The van der Waals surface area contributed by atoms with E-state index in [-0.39, 0.29) is 11.8 Å². The Morgan fingerprint density at radius 3 is 2.95 bits per heavy atom. The minimum atomic E-state index is -0.893. The zero-order chi connectivity index (χ0) is 15.3. The average molecular weight is 303 g/mol. The molecule has 1 saturated carbocycles. The third kappa shape index (κ3) is 1.17. The van der Waals surface area contributed by atoms with Gasteiger partial charge in [0.15, 0.2) is 11.5 Å². The SMILES string of the molecule is CN1CC[C@]23c4c5ccc(O)c4O[C@H]2C(O)CC[C@@]3(O)[C@@H]1C5. The number of benzene rings is 1. The normalized spacial score (nSPS) is 45.3. The zero-order valence-corrected chi connectivity index (χ0v) is 12.6. The summed E-state index contributed by atoms with van der Waals surface area (Å²) >= 11 is 0. The molecule has 1 aromatic rings. The number of nitrogens with zero attached hydrogens (tertiary/aromatic N) is 1. The quantitative estimate of drug-likeness (QED) is 0.652. The van der Waals surface area contributed by atoms with Gasteiger partial charge in [-0.2, -0.15) is 0 Å². The third-order valence-electron chi connectivity index (χ3n) is 6.70. The van der Waals surface area contributed by atoms with Crippen molar-refractivity contribution in [2.45, 2.75) is 54.9 Å². The summed E-state index contributed by atoms with van der Waals surface area (Å²) in [6, 6.07) is 3.67. The van der Waals surface area contributed by atoms with E-state index in [1.807, 2.05) is 6.07 Å². The summed E-state index contributed by atoms with van der Waals surface area (Å²) in [5.41, 5.74) is 0.633. The number of likely N-dealkylation sites (N-methyl/N-ethyl adjacent to an activating group) is 1. The summed E-state index contributed by atoms with van der Waals surface area (Å²) in [7, 11) is 2.07. The number of aliphatic hydroxyl groups excluding tert-OH is 1. The number of phenolic OH excluding ortho intramolecular Hbond substituents is 1. The molecule has 1 saturated heterocycles. The Labute approximate surface area is 129 Å². The number of rotatable bonds is 0. The highest BCUT2D eigenvalue weighted by Crippen LogP contribution is 2.65. The molecule has 5 nitrogen and oxygen atoms in total. The first-order chi connectivity index (χ1) is 10.5. The third-order valence-corrected chi connectivity index (χ3v) is 6.70. The summed E-state index contributed by atoms with van der Waals surface area (Å²) in [6.07, 6.45) is 1.59. The molecular weight excluding hydrogens is 282 g/mol. The Kier molecular flexibility index (Phi) is 2.26. The van der Waals surface area contributed by atoms with Crippen molar-refractivity contribution in [3.8, 4) is 11.5 Å². The van der Waals surface area contributed by atoms with Crippen LogP contribution in [0, 0.1) is 0 Å². The first-order valence-corrected chi connectivity index (χ1v) is 8.12. The lowest BCUT2D eigenvalue weighted by atomic mass is 9.49. The second-order valence-corrected chi connectivity index (χ2v) is 7.44. The summed E-state index contributed by atoms with van der Waals surface area (Å²) < 4.78 is 6.04. The van der Waals surface area contributed by atoms with Crippen LogP contribution in [-0.2, 0) is 11.8 Å². The molecule has 1 aromatic carbocycles. The fourth-order valence-electron chi connectivity index (χ4n) is 5.73. The summed E-state index contributed by atoms with van der Waals surface area (Å²) in [6.45, 7) is 0.869. The Hall–Kier alpha value is -1.30. The smallest absolute Gasteiger partial charge is 0.165 e. The highest BCUT2D eigenvalue weighted by atomic mass is 16.5. The molecule has 1 spiro atoms. The number of hydrogen-bond acceptors (Lipinski definition) is 5. The van der Waals surface area contributed by atoms with Crippen molar-refractivity contribution in [3.05, 3.63) is 23.3 Å². The number of aliphatic hydroxyl groups is 2. The van der Waals surface area contributed by atoms with Crippen molar-refractivity contribution < 1.29 is 20.1 Å². The van der Waals surface area contributed by atoms with Crippen LogP contribution in [0.25, 0.3) is 0 Å². The monoisotopic (exact) mass is 303 g/mol. The Balaban J connectivity index is 1.86. The lowest BCUT2D eigenvalue weighted by molar-refractivity contribution is -0.204. The number of hydrogen-bond donors (Lipinski definition) is 3. The van der Waals surface area contributed by atoms with Crippen molar-refractivity contribution in [1.29, 1.82) is 0 Å². The van der Waals surface area contributed by atoms with E-state index in [1.54, 1.807) is 6.07 Å². The van der Waals surface area contributed by atoms with Gasteiger partial charge in [-0.25, -0.2) is 0 Å². The number of aromatic hydroxyl groups is 1. The van der Waals surface area contributed by atoms with Gasteiger partial charge < -0.3 is 25.0 Å². The Morgan fingerprint density at radius 2 is 2.14 bits per heavy atom. The van der Waals surface area contributed by atoms with Crippen molar-refractivity contribution in [3.63, 3.8) is 0 Å². The van der Waals surface area contributed by atoms with E-state index in [4.69, 9.17) is 4.74 Å². The first kappa shape index (κ1) is 13.2. The van der Waals surface area contributed by atoms with Crippen molar-refractivity contribution in [2.75, 3.05) is 13.6 Å². The van der Waals surface area contributed by atoms with E-state index in [1.165, 1.54) is 0 Å². The molecule has 118 valence electrons. The minimum Gasteiger partial charge on any atom is -0.504 e. The molecule has 22 heavy (non-hydrogen) atoms. The van der Waals surface area contributed by atoms with Gasteiger partial charge in [-0.1, -0.05) is 6.07 Å². The summed E-state index contributed by atoms with van der Waals surface area (Å²) in [4.78, 5) is 2.24. The van der Waals surface area contributed by atoms with Crippen LogP contribution in [0.1, 0.15) is 30.4 Å². The van der Waals surface area contributed by atoms with Crippen molar-refractivity contribution in [2.24, 2.45) is 0 Å². The Bertz CT molecular complexity index is 677. The fourth-order valence-corrected chi connectivity index (χ4v) is 5.73. The average Bonchev–Trinajstić information content (AvgIpc) is 2.85. The number of piperidine rings is 1. The molecule has 4 aliphatic rings. The van der Waals surface area contributed by atoms with Crippen LogP contribution in [-0.4, -0.2) is 57.7 Å². The highest BCUT2D eigenvalue weighted by molar-refractivity contribution is 5.62. The standard InChI is InChI=1S/C17H21NO4/c1-18-7-6-16-13-9-2-3-10(19)14(13)22-15(16)11(20)4-5-17(16,21)12(18)8-9/h2-3,11-12,15,19-21H,4-8H2,1H3/t11?,12-,15-,16-,17+/m0/s1. The minimum absolute atomic E-state index is 0.0443. The predicted octanol–water partition coefficient (Wildman–Crippen LogP) is 0.537. The lowest BCUT2D eigenvalue weighted by Gasteiger charge is -2.63. The van der Waals surface area contributed by atoms with Crippen LogP contribution in [0.15, 0.2) is 12.1 Å². The molecule has 5 heteroatoms. The van der Waals surface area contributed by atoms with Gasteiger partial charge in [0.25, 0.3) is 0 Å². The molecule has 1 unspecified atom stereocenters. The second-order valence-electron chi connectivity index (χ2n) is 7.44. The molecule has 5 rings (SSSR count). The molecule has 0 amide bonds. The molecule has 5 atom stereocenters. The van der Waals surface area contributed by atoms with Gasteiger partial charge >= 0.3 is 0 Å². The van der Waals surface area contributed by atoms with Crippen molar-refractivity contribution >= 4 is 0 Å². The molecule has 2 fully saturated rings. The van der Waals surface area contributed by atoms with Crippen LogP contribution in [0.3, 0.4) is 0 Å². The Morgan fingerprint density at radius 1 is 1.32 bits per heavy atom. The number of ether oxygens (including phenoxy) is 1. The molecule has 0 radical (unpaired) electrons. The molecule has 2 aliphatic heterocycles. The topological polar surface area (TPSA) is 73.2 Å². The van der Waals surface area contributed by atoms with E-state index in [0.29, 0.717) is 18.6 Å². The predicted molar refractivity (Wildman–Crippen MR) is 79.1 cm³/mol. The van der Waals surface area contributed by atoms with Gasteiger partial charge in [-0.05, 0) is 50.9 Å². The summed E-state index contributed by atoms with van der Waals surface area (Å²) in [5.74, 6) is 0.610. The molecular formula is C17H21NO4. The zero-order valence-electron chi connectivity index (χ0n) is 12.6. The number of phenols is 1. The van der Waals surface area contributed by atoms with E-state index >= 15 is 0 Å². The fraction of sp³-hybridized carbons (Fsp3) is 0.647. The second kappa shape index (κ2) is 3.78. The first-order valence-electron chi connectivity index (χ1n) is 8.12. The van der Waals surface area contributed by atoms with Crippen LogP contribution in [0.5, 0.6) is 11.5 Å². The number of likely N-dealkylation sites (tertiary alicyclic amines) is 1. The van der Waals surface area contributed by atoms with Crippen LogP contribution < -0.4 is 4.74 Å². The molecule has 3 N–H and O–H groups in total. The van der Waals surface area contributed by atoms with E-state index in [9.17, 15) is 15.3 Å². The van der Waals surface area contributed by atoms with Crippen LogP contribution in [0.2, 0.25) is 0 Å². The molecule has 2 heterocycles. The van der Waals surface area contributed by atoms with E-state index in [0.717, 1.165) is 30.5 Å². The van der Waals surface area contributed by atoms with Gasteiger partial charge in [-0.15, -0.1) is 0 Å². The van der Waals surface area contributed by atoms with Gasteiger partial charge in [0.05, 0.1) is 17.1 Å². The lowest BCUT2D eigenvalue weighted by Crippen LogP contribution is -2.76. The van der Waals surface area contributed by atoms with E-state index < -0.39 is 23.2 Å². The van der Waals surface area contributed by atoms with Crippen LogP contribution in [0.4, 0.5) is 0 Å². The molecule has 2 bridgehead atoms. The largest absolute Gasteiger partial charge is 0.504 e. The highest BCUT2D eigenvalue weighted by Gasteiger charge is 2.72. The maximum Gasteiger partial charge on any atom is 0.165 e.